The Balaban J connectivity index is 0.000000531. The van der Waals surface area contributed by atoms with Crippen molar-refractivity contribution in [2.24, 2.45) is 0 Å². The Morgan fingerprint density at radius 1 is 0.800 bits per heavy atom. The van der Waals surface area contributed by atoms with Gasteiger partial charge in [0, 0.05) is 12.1 Å². The van der Waals surface area contributed by atoms with Crippen LogP contribution in [0.5, 0.6) is 0 Å². The zero-order valence-electron chi connectivity index (χ0n) is 8.10. The molecule has 0 saturated carbocycles. The van der Waals surface area contributed by atoms with E-state index < -0.39 is 0 Å². The highest BCUT2D eigenvalue weighted by molar-refractivity contribution is 5.63. The van der Waals surface area contributed by atoms with Gasteiger partial charge in [-0.3, -0.25) is 0 Å². The molecule has 74 valence electrons. The second kappa shape index (κ2) is 5.56. The maximum Gasteiger partial charge on any atom is 0.131 e. The Morgan fingerprint density at radius 2 is 1.33 bits per heavy atom. The number of benzene rings is 2. The maximum atomic E-state index is 13.3. The molecular formula is C13H10FN. The molecule has 0 radical (unpaired) electrons. The minimum Gasteiger partial charge on any atom is -0.206 e. The smallest absolute Gasteiger partial charge is 0.131 e. The summed E-state index contributed by atoms with van der Waals surface area (Å²) in [7, 11) is 0. The number of nitrogens with zero attached hydrogens (tertiary/aromatic N) is 1. The molecule has 2 aromatic carbocycles. The fourth-order valence-corrected chi connectivity index (χ4v) is 1.31. The molecule has 2 aromatic rings. The molecule has 2 rings (SSSR count). The molecule has 0 aliphatic heterocycles. The van der Waals surface area contributed by atoms with Crippen LogP contribution in [0.4, 0.5) is 4.39 Å². The third-order valence-corrected chi connectivity index (χ3v) is 1.96. The van der Waals surface area contributed by atoms with Crippen LogP contribution < -0.4 is 0 Å². The highest BCUT2D eigenvalue weighted by atomic mass is 19.1. The fraction of sp³-hybridized carbons (Fsp3) is 0. The molecule has 0 aliphatic carbocycles. The molecule has 0 N–H and O–H groups in total. The fourth-order valence-electron chi connectivity index (χ4n) is 1.31. The van der Waals surface area contributed by atoms with Crippen molar-refractivity contribution in [2.45, 2.75) is 0 Å². The highest BCUT2D eigenvalue weighted by Crippen LogP contribution is 2.21. The van der Waals surface area contributed by atoms with E-state index in [9.17, 15) is 4.39 Å². The number of hydrogen-bond acceptors (Lipinski definition) is 1. The highest BCUT2D eigenvalue weighted by Gasteiger charge is 2.01. The molecule has 0 spiro atoms. The summed E-state index contributed by atoms with van der Waals surface area (Å²) >= 11 is 0. The van der Waals surface area contributed by atoms with Crippen LogP contribution in [0, 0.1) is 17.7 Å². The van der Waals surface area contributed by atoms with Crippen molar-refractivity contribution in [3.05, 3.63) is 60.4 Å². The Kier molecular flexibility index (Phi) is 4.05. The van der Waals surface area contributed by atoms with Gasteiger partial charge in [-0.15, -0.1) is 0 Å². The van der Waals surface area contributed by atoms with E-state index in [1.165, 1.54) is 6.07 Å². The largest absolute Gasteiger partial charge is 0.206 e. The van der Waals surface area contributed by atoms with Crippen LogP contribution in [0.1, 0.15) is 0 Å². The van der Waals surface area contributed by atoms with Gasteiger partial charge in [0.2, 0.25) is 0 Å². The van der Waals surface area contributed by atoms with Crippen LogP contribution in [-0.2, 0) is 0 Å². The van der Waals surface area contributed by atoms with E-state index in [4.69, 9.17) is 5.26 Å². The summed E-state index contributed by atoms with van der Waals surface area (Å²) in [6.07, 6.45) is 0. The molecule has 0 atom stereocenters. The summed E-state index contributed by atoms with van der Waals surface area (Å²) < 4.78 is 13.3. The van der Waals surface area contributed by atoms with Crippen molar-refractivity contribution >= 4 is 0 Å². The predicted molar refractivity (Wildman–Crippen MR) is 58.5 cm³/mol. The Labute approximate surface area is 88.4 Å². The molecular weight excluding hydrogens is 189 g/mol. The molecule has 0 fully saturated rings. The Bertz CT molecular complexity index is 435. The summed E-state index contributed by atoms with van der Waals surface area (Å²) in [6.45, 7) is 3.50. The predicted octanol–water partition coefficient (Wildman–Crippen LogP) is 3.63. The van der Waals surface area contributed by atoms with Crippen LogP contribution in [0.2, 0.25) is 0 Å². The molecule has 0 bridgehead atoms. The van der Waals surface area contributed by atoms with Crippen LogP contribution in [0.15, 0.2) is 54.6 Å². The quantitative estimate of drug-likeness (QED) is 0.688. The van der Waals surface area contributed by atoms with Gasteiger partial charge < -0.3 is 0 Å². The molecule has 0 heterocycles. The first kappa shape index (κ1) is 10.9. The van der Waals surface area contributed by atoms with Gasteiger partial charge in [-0.05, 0) is 11.6 Å². The molecule has 2 heteroatoms. The lowest BCUT2D eigenvalue weighted by Crippen LogP contribution is -1.81. The van der Waals surface area contributed by atoms with E-state index in [0.717, 1.165) is 5.56 Å². The summed E-state index contributed by atoms with van der Waals surface area (Å²) in [6, 6.07) is 16.3. The second-order valence-corrected chi connectivity index (χ2v) is 2.85. The van der Waals surface area contributed by atoms with Crippen molar-refractivity contribution in [2.75, 3.05) is 0 Å². The minimum absolute atomic E-state index is 0.172. The Hall–Kier alpha value is -2.14. The van der Waals surface area contributed by atoms with Crippen molar-refractivity contribution in [1.29, 1.82) is 5.26 Å². The van der Waals surface area contributed by atoms with Crippen molar-refractivity contribution in [3.63, 3.8) is 0 Å². The Morgan fingerprint density at radius 3 is 1.93 bits per heavy atom. The summed E-state index contributed by atoms with van der Waals surface area (Å²) in [5.74, 6) is -0.172. The van der Waals surface area contributed by atoms with Gasteiger partial charge >= 0.3 is 0 Å². The van der Waals surface area contributed by atoms with E-state index in [1.54, 1.807) is 12.1 Å². The molecule has 0 saturated heterocycles. The second-order valence-electron chi connectivity index (χ2n) is 2.85. The number of rotatable bonds is 1. The molecule has 15 heavy (non-hydrogen) atoms. The van der Waals surface area contributed by atoms with E-state index in [2.05, 4.69) is 6.57 Å². The van der Waals surface area contributed by atoms with Gasteiger partial charge in [-0.25, -0.2) is 9.65 Å². The van der Waals surface area contributed by atoms with Crippen LogP contribution >= 0.6 is 0 Å². The molecule has 0 aromatic heterocycles. The molecule has 0 unspecified atom stereocenters. The number of halogens is 1. The van der Waals surface area contributed by atoms with Gasteiger partial charge in [0.25, 0.3) is 0 Å². The van der Waals surface area contributed by atoms with Crippen LogP contribution in [0.25, 0.3) is 11.1 Å². The average Bonchev–Trinajstić information content (AvgIpc) is 2.33. The van der Waals surface area contributed by atoms with Crippen LogP contribution in [0.3, 0.4) is 0 Å². The van der Waals surface area contributed by atoms with E-state index in [0.29, 0.717) is 5.56 Å². The van der Waals surface area contributed by atoms with E-state index >= 15 is 0 Å². The van der Waals surface area contributed by atoms with Crippen molar-refractivity contribution in [3.8, 4) is 17.7 Å². The zero-order valence-corrected chi connectivity index (χ0v) is 8.10. The van der Waals surface area contributed by atoms with Gasteiger partial charge in [0.1, 0.15) is 5.82 Å². The monoisotopic (exact) mass is 199 g/mol. The van der Waals surface area contributed by atoms with Crippen LogP contribution in [-0.4, -0.2) is 0 Å². The lowest BCUT2D eigenvalue weighted by molar-refractivity contribution is 0.631. The summed E-state index contributed by atoms with van der Waals surface area (Å²) in [5, 5.41) is 6.50. The minimum atomic E-state index is -0.172. The third kappa shape index (κ3) is 2.65. The van der Waals surface area contributed by atoms with E-state index in [-0.39, 0.29) is 5.82 Å². The van der Waals surface area contributed by atoms with Gasteiger partial charge in [-0.2, -0.15) is 0 Å². The van der Waals surface area contributed by atoms with Crippen molar-refractivity contribution in [1.82, 2.24) is 0 Å². The van der Waals surface area contributed by atoms with E-state index in [1.807, 2.05) is 36.4 Å². The lowest BCUT2D eigenvalue weighted by Gasteiger charge is -2.01. The topological polar surface area (TPSA) is 23.8 Å². The zero-order chi connectivity index (χ0) is 11.1. The maximum absolute atomic E-state index is 13.3. The third-order valence-electron chi connectivity index (χ3n) is 1.96. The summed E-state index contributed by atoms with van der Waals surface area (Å²) in [5.41, 5.74) is 1.57. The molecule has 1 nitrogen and oxygen atoms in total. The lowest BCUT2D eigenvalue weighted by atomic mass is 10.1. The SMILES string of the molecule is C#N.Fc1ccccc1-c1ccccc1. The van der Waals surface area contributed by atoms with Crippen molar-refractivity contribution < 1.29 is 4.39 Å². The first-order chi connectivity index (χ1) is 7.38. The normalized spacial score (nSPS) is 8.73. The number of nitriles is 1. The number of hydrogen-bond donors (Lipinski definition) is 0. The van der Waals surface area contributed by atoms with Gasteiger partial charge in [0.05, 0.1) is 0 Å². The standard InChI is InChI=1S/C12H9F.CHN/c13-12-9-5-4-8-11(12)10-6-2-1-3-7-10;1-2/h1-9H;1H. The summed E-state index contributed by atoms with van der Waals surface area (Å²) in [4.78, 5) is 0. The van der Waals surface area contributed by atoms with Gasteiger partial charge in [-0.1, -0.05) is 48.5 Å². The molecule has 0 aliphatic rings. The average molecular weight is 199 g/mol. The first-order valence-electron chi connectivity index (χ1n) is 4.44. The molecule has 0 amide bonds. The first-order valence-corrected chi connectivity index (χ1v) is 4.44. The van der Waals surface area contributed by atoms with Gasteiger partial charge in [0.15, 0.2) is 0 Å².